The highest BCUT2D eigenvalue weighted by atomic mass is 19.3. The van der Waals surface area contributed by atoms with Crippen molar-refractivity contribution in [3.8, 4) is 11.5 Å². The first-order chi connectivity index (χ1) is 11.9. The lowest BCUT2D eigenvalue weighted by atomic mass is 10.1. The minimum absolute atomic E-state index is 0.0228. The lowest BCUT2D eigenvalue weighted by Gasteiger charge is -2.15. The number of halogens is 2. The fraction of sp³-hybridized carbons (Fsp3) is 0.600. The normalized spacial score (nSPS) is 20.0. The second-order valence-electron chi connectivity index (χ2n) is 5.71. The van der Waals surface area contributed by atoms with Gasteiger partial charge >= 0.3 is 0 Å². The lowest BCUT2D eigenvalue weighted by molar-refractivity contribution is -0.385. The Bertz CT molecular complexity index is 603. The van der Waals surface area contributed by atoms with E-state index < -0.39 is 24.1 Å². The van der Waals surface area contributed by atoms with Crippen LogP contribution in [0.1, 0.15) is 5.56 Å². The van der Waals surface area contributed by atoms with Gasteiger partial charge in [0.1, 0.15) is 6.61 Å². The van der Waals surface area contributed by atoms with Gasteiger partial charge in [-0.3, -0.25) is 10.1 Å². The third-order valence-electron chi connectivity index (χ3n) is 3.95. The third kappa shape index (κ3) is 5.21. The first-order valence-corrected chi connectivity index (χ1v) is 7.78. The number of β-amino-alcohol motifs (C(OH)–C–C–N with tert-alkyl or cyclic N) is 1. The van der Waals surface area contributed by atoms with E-state index >= 15 is 0 Å². The van der Waals surface area contributed by atoms with Crippen LogP contribution in [0.3, 0.4) is 0 Å². The molecule has 2 unspecified atom stereocenters. The van der Waals surface area contributed by atoms with Crippen molar-refractivity contribution in [3.63, 3.8) is 0 Å². The average Bonchev–Trinajstić information content (AvgIpc) is 2.97. The maximum absolute atomic E-state index is 12.3. The summed E-state index contributed by atoms with van der Waals surface area (Å²) in [6.45, 7) is 0.969. The van der Waals surface area contributed by atoms with Crippen LogP contribution >= 0.6 is 0 Å². The first kappa shape index (κ1) is 19.3. The molecule has 0 saturated carbocycles. The van der Waals surface area contributed by atoms with Gasteiger partial charge in [-0.1, -0.05) is 0 Å². The molecule has 25 heavy (non-hydrogen) atoms. The molecule has 1 saturated heterocycles. The van der Waals surface area contributed by atoms with Crippen molar-refractivity contribution in [1.82, 2.24) is 10.6 Å². The highest BCUT2D eigenvalue weighted by Crippen LogP contribution is 2.35. The molecule has 0 spiro atoms. The van der Waals surface area contributed by atoms with E-state index in [0.717, 1.165) is 6.07 Å². The molecule has 2 atom stereocenters. The summed E-state index contributed by atoms with van der Waals surface area (Å²) in [6.07, 6.45) is -3.15. The molecule has 0 bridgehead atoms. The quantitative estimate of drug-likeness (QED) is 0.444. The molecule has 0 aromatic heterocycles. The molecule has 0 aliphatic carbocycles. The summed E-state index contributed by atoms with van der Waals surface area (Å²) in [4.78, 5) is 10.7. The van der Waals surface area contributed by atoms with Crippen LogP contribution in [0.15, 0.2) is 12.1 Å². The van der Waals surface area contributed by atoms with E-state index in [2.05, 4.69) is 10.6 Å². The van der Waals surface area contributed by atoms with Gasteiger partial charge in [0.05, 0.1) is 24.2 Å². The minimum atomic E-state index is -2.70. The summed E-state index contributed by atoms with van der Waals surface area (Å²) in [5, 5.41) is 27.1. The molecule has 0 radical (unpaired) electrons. The number of alkyl halides is 2. The SMILES string of the molecule is COc1cc(CNCC2CNCC2O)c([N+](=O)[O-])cc1OCC(F)F. The number of nitrogens with one attached hydrogen (secondary N) is 2. The highest BCUT2D eigenvalue weighted by molar-refractivity contribution is 5.54. The van der Waals surface area contributed by atoms with Crippen LogP contribution in [0.25, 0.3) is 0 Å². The van der Waals surface area contributed by atoms with Crippen molar-refractivity contribution in [3.05, 3.63) is 27.8 Å². The Balaban J connectivity index is 2.10. The number of nitro groups is 1. The van der Waals surface area contributed by atoms with E-state index in [1.807, 2.05) is 0 Å². The van der Waals surface area contributed by atoms with Gasteiger partial charge in [0.2, 0.25) is 0 Å². The fourth-order valence-corrected chi connectivity index (χ4v) is 2.65. The molecule has 0 amide bonds. The second kappa shape index (κ2) is 8.88. The van der Waals surface area contributed by atoms with Gasteiger partial charge in [-0.25, -0.2) is 8.78 Å². The molecule has 140 valence electrons. The molecular formula is C15H21F2N3O5. The van der Waals surface area contributed by atoms with Gasteiger partial charge in [0.15, 0.2) is 11.5 Å². The number of hydrogen-bond acceptors (Lipinski definition) is 7. The molecule has 10 heteroatoms. The monoisotopic (exact) mass is 361 g/mol. The van der Waals surface area contributed by atoms with Crippen LogP contribution in [0.5, 0.6) is 11.5 Å². The molecule has 1 fully saturated rings. The summed E-state index contributed by atoms with van der Waals surface area (Å²) in [6, 6.07) is 2.49. The van der Waals surface area contributed by atoms with E-state index in [1.165, 1.54) is 13.2 Å². The van der Waals surface area contributed by atoms with Gasteiger partial charge in [-0.05, 0) is 6.07 Å². The summed E-state index contributed by atoms with van der Waals surface area (Å²) in [5.74, 6) is 0.0638. The molecule has 1 aromatic rings. The fourth-order valence-electron chi connectivity index (χ4n) is 2.65. The minimum Gasteiger partial charge on any atom is -0.493 e. The van der Waals surface area contributed by atoms with Crippen molar-refractivity contribution in [2.45, 2.75) is 19.1 Å². The van der Waals surface area contributed by atoms with Crippen molar-refractivity contribution in [1.29, 1.82) is 0 Å². The third-order valence-corrected chi connectivity index (χ3v) is 3.95. The predicted octanol–water partition coefficient (Wildman–Crippen LogP) is 0.917. The Labute approximate surface area is 143 Å². The van der Waals surface area contributed by atoms with Crippen LogP contribution in [0.2, 0.25) is 0 Å². The largest absolute Gasteiger partial charge is 0.493 e. The summed E-state index contributed by atoms with van der Waals surface area (Å²) >= 11 is 0. The Kier molecular flexibility index (Phi) is 6.85. The number of ether oxygens (including phenoxy) is 2. The molecule has 1 heterocycles. The van der Waals surface area contributed by atoms with E-state index in [9.17, 15) is 24.0 Å². The second-order valence-corrected chi connectivity index (χ2v) is 5.71. The summed E-state index contributed by atoms with van der Waals surface area (Å²) in [5.41, 5.74) is 0.0920. The molecule has 8 nitrogen and oxygen atoms in total. The average molecular weight is 361 g/mol. The van der Waals surface area contributed by atoms with Crippen molar-refractivity contribution in [2.24, 2.45) is 5.92 Å². The van der Waals surface area contributed by atoms with Crippen molar-refractivity contribution < 1.29 is 28.3 Å². The molecule has 3 N–H and O–H groups in total. The van der Waals surface area contributed by atoms with Crippen LogP contribution < -0.4 is 20.1 Å². The lowest BCUT2D eigenvalue weighted by Crippen LogP contribution is -2.30. The molecule has 1 aromatic carbocycles. The topological polar surface area (TPSA) is 106 Å². The number of benzene rings is 1. The summed E-state index contributed by atoms with van der Waals surface area (Å²) < 4.78 is 34.6. The molecular weight excluding hydrogens is 340 g/mol. The Hall–Kier alpha value is -2.04. The molecule has 1 aliphatic rings. The van der Waals surface area contributed by atoms with Crippen molar-refractivity contribution >= 4 is 5.69 Å². The van der Waals surface area contributed by atoms with E-state index in [1.54, 1.807) is 0 Å². The van der Waals surface area contributed by atoms with E-state index in [-0.39, 0.29) is 29.6 Å². The number of rotatable bonds is 9. The van der Waals surface area contributed by atoms with Crippen molar-refractivity contribution in [2.75, 3.05) is 33.4 Å². The standard InChI is InChI=1S/C15H21F2N3O5/c1-24-13-2-9(4-18-5-10-6-19-7-12(10)21)11(20(22)23)3-14(13)25-8-15(16)17/h2-3,10,12,15,18-19,21H,4-8H2,1H3. The van der Waals surface area contributed by atoms with Crippen LogP contribution in [-0.2, 0) is 6.54 Å². The highest BCUT2D eigenvalue weighted by Gasteiger charge is 2.25. The van der Waals surface area contributed by atoms with E-state index in [4.69, 9.17) is 9.47 Å². The van der Waals surface area contributed by atoms with Crippen LogP contribution in [0.4, 0.5) is 14.5 Å². The number of hydrogen-bond donors (Lipinski definition) is 3. The Morgan fingerprint density at radius 3 is 2.76 bits per heavy atom. The van der Waals surface area contributed by atoms with Gasteiger partial charge in [-0.15, -0.1) is 0 Å². The maximum Gasteiger partial charge on any atom is 0.277 e. The molecule has 1 aliphatic heterocycles. The van der Waals surface area contributed by atoms with Gasteiger partial charge in [-0.2, -0.15) is 0 Å². The Morgan fingerprint density at radius 2 is 2.20 bits per heavy atom. The van der Waals surface area contributed by atoms with Crippen LogP contribution in [0, 0.1) is 16.0 Å². The zero-order chi connectivity index (χ0) is 18.4. The predicted molar refractivity (Wildman–Crippen MR) is 85.2 cm³/mol. The first-order valence-electron chi connectivity index (χ1n) is 7.78. The zero-order valence-electron chi connectivity index (χ0n) is 13.7. The van der Waals surface area contributed by atoms with Gasteiger partial charge in [0, 0.05) is 37.7 Å². The number of aliphatic hydroxyl groups excluding tert-OH is 1. The smallest absolute Gasteiger partial charge is 0.277 e. The maximum atomic E-state index is 12.3. The number of nitrogens with zero attached hydrogens (tertiary/aromatic N) is 1. The van der Waals surface area contributed by atoms with E-state index in [0.29, 0.717) is 25.2 Å². The summed E-state index contributed by atoms with van der Waals surface area (Å²) in [7, 11) is 1.33. The molecule has 2 rings (SSSR count). The van der Waals surface area contributed by atoms with Gasteiger partial charge < -0.3 is 25.2 Å². The number of methoxy groups -OCH3 is 1. The number of nitro benzene ring substituents is 1. The zero-order valence-corrected chi connectivity index (χ0v) is 13.7. The van der Waals surface area contributed by atoms with Crippen LogP contribution in [-0.4, -0.2) is 55.9 Å². The Morgan fingerprint density at radius 1 is 1.44 bits per heavy atom. The number of aliphatic hydroxyl groups is 1. The van der Waals surface area contributed by atoms with Gasteiger partial charge in [0.25, 0.3) is 12.1 Å².